The number of anilines is 2. The van der Waals surface area contributed by atoms with Crippen LogP contribution in [0.3, 0.4) is 0 Å². The van der Waals surface area contributed by atoms with Crippen LogP contribution < -0.4 is 19.3 Å². The van der Waals surface area contributed by atoms with Gasteiger partial charge in [-0.15, -0.1) is 0 Å². The Bertz CT molecular complexity index is 1410. The average molecular weight is 633 g/mol. The molecule has 10 nitrogen and oxygen atoms in total. The molecular weight excluding hydrogens is 597 g/mol. The standard InChI is InChI=1S/C32H36N6O4S2/c1-9-13-15-19(11-3)31(39)41-24-22-26(43-29(37(22)7)21(17-33)18-34)25(42-32(40)20(12-4)16-14-10-2)23-27(24)44-30(38(23)8)28(35-5)36-6/h19-20H,9-16H2,1-4,7-8H3. The molecule has 0 aliphatic carbocycles. The van der Waals surface area contributed by atoms with Gasteiger partial charge in [0.05, 0.1) is 21.6 Å². The number of rotatable bonds is 12. The van der Waals surface area contributed by atoms with Crippen molar-refractivity contribution in [1.29, 1.82) is 10.5 Å². The maximum atomic E-state index is 13.6. The summed E-state index contributed by atoms with van der Waals surface area (Å²) in [5, 5.41) is 20.1. The van der Waals surface area contributed by atoms with Gasteiger partial charge < -0.3 is 19.3 Å². The second-order valence-corrected chi connectivity index (χ2v) is 12.4. The molecule has 12 heteroatoms. The first-order chi connectivity index (χ1) is 21.2. The van der Waals surface area contributed by atoms with E-state index in [4.69, 9.17) is 22.6 Å². The van der Waals surface area contributed by atoms with Crippen molar-refractivity contribution >= 4 is 46.8 Å². The first kappa shape index (κ1) is 34.4. The van der Waals surface area contributed by atoms with E-state index in [9.17, 15) is 20.1 Å². The van der Waals surface area contributed by atoms with Crippen molar-refractivity contribution in [3.8, 4) is 23.6 Å². The minimum atomic E-state index is -0.423. The highest BCUT2D eigenvalue weighted by atomic mass is 32.2. The van der Waals surface area contributed by atoms with Gasteiger partial charge in [0.1, 0.15) is 41.7 Å². The summed E-state index contributed by atoms with van der Waals surface area (Å²) in [4.78, 5) is 38.1. The summed E-state index contributed by atoms with van der Waals surface area (Å²) < 4.78 is 12.4. The van der Waals surface area contributed by atoms with Gasteiger partial charge in [-0.1, -0.05) is 76.9 Å². The highest BCUT2D eigenvalue weighted by Crippen LogP contribution is 2.66. The predicted octanol–water partition coefficient (Wildman–Crippen LogP) is 8.24. The quantitative estimate of drug-likeness (QED) is 0.0965. The Morgan fingerprint density at radius 3 is 1.57 bits per heavy atom. The Labute approximate surface area is 268 Å². The third-order valence-electron chi connectivity index (χ3n) is 7.66. The lowest BCUT2D eigenvalue weighted by molar-refractivity contribution is -0.140. The Morgan fingerprint density at radius 2 is 1.20 bits per heavy atom. The number of benzene rings is 1. The molecule has 2 aliphatic rings. The molecule has 2 atom stereocenters. The largest absolute Gasteiger partial charge is 0.550 e. The zero-order valence-electron chi connectivity index (χ0n) is 25.9. The number of nitriles is 2. The Balaban J connectivity index is 2.37. The summed E-state index contributed by atoms with van der Waals surface area (Å²) in [6.07, 6.45) is 6.03. The Hall–Kier alpha value is -4.10. The van der Waals surface area contributed by atoms with Crippen molar-refractivity contribution < 1.29 is 19.1 Å². The predicted molar refractivity (Wildman–Crippen MR) is 171 cm³/mol. The van der Waals surface area contributed by atoms with E-state index in [1.54, 1.807) is 23.9 Å². The lowest BCUT2D eigenvalue weighted by Gasteiger charge is -2.24. The number of ether oxygens (including phenoxy) is 2. The van der Waals surface area contributed by atoms with Gasteiger partial charge in [-0.25, -0.2) is 0 Å². The molecule has 0 saturated carbocycles. The van der Waals surface area contributed by atoms with Gasteiger partial charge in [-0.3, -0.25) is 9.59 Å². The number of esters is 2. The molecule has 0 aromatic heterocycles. The van der Waals surface area contributed by atoms with Gasteiger partial charge in [0.2, 0.25) is 0 Å². The van der Waals surface area contributed by atoms with E-state index in [-0.39, 0.29) is 34.7 Å². The maximum absolute atomic E-state index is 13.6. The van der Waals surface area contributed by atoms with Crippen LogP contribution in [-0.2, 0) is 9.59 Å². The first-order valence-corrected chi connectivity index (χ1v) is 16.3. The molecule has 1 aromatic rings. The molecule has 2 aliphatic heterocycles. The van der Waals surface area contributed by atoms with E-state index in [1.165, 1.54) is 0 Å². The van der Waals surface area contributed by atoms with Crippen LogP contribution in [0.4, 0.5) is 11.4 Å². The monoisotopic (exact) mass is 632 g/mol. The molecule has 1 aromatic carbocycles. The number of allylic oxidation sites excluding steroid dienone is 1. The van der Waals surface area contributed by atoms with Crippen molar-refractivity contribution in [2.75, 3.05) is 23.9 Å². The second-order valence-electron chi connectivity index (χ2n) is 10.4. The lowest BCUT2D eigenvalue weighted by atomic mass is 9.99. The Morgan fingerprint density at radius 1 is 0.795 bits per heavy atom. The van der Waals surface area contributed by atoms with Crippen LogP contribution in [0.15, 0.2) is 31.2 Å². The summed E-state index contributed by atoms with van der Waals surface area (Å²) in [6, 6.07) is 3.87. The van der Waals surface area contributed by atoms with E-state index in [0.29, 0.717) is 56.9 Å². The normalized spacial score (nSPS) is 14.4. The Kier molecular flexibility index (Phi) is 12.2. The van der Waals surface area contributed by atoms with E-state index in [1.807, 2.05) is 26.0 Å². The van der Waals surface area contributed by atoms with Crippen LogP contribution in [0.5, 0.6) is 11.5 Å². The van der Waals surface area contributed by atoms with Crippen LogP contribution in [0.1, 0.15) is 79.1 Å². The van der Waals surface area contributed by atoms with E-state index in [2.05, 4.69) is 23.5 Å². The number of hydrogen-bond donors (Lipinski definition) is 0. The SMILES string of the molecule is [C-]#[N+]C([N+]#[C-])=C1Sc2c(OC(=O)C(CC)CCCC)c3c(c(OC(=O)C(CC)CCCC)c2N1C)SC(=C(C#N)C#N)N3C. The third kappa shape index (κ3) is 6.68. The van der Waals surface area contributed by atoms with Crippen LogP contribution in [0, 0.1) is 47.6 Å². The molecule has 44 heavy (non-hydrogen) atoms. The number of carbonyl (C=O) groups is 2. The number of hydrogen-bond acceptors (Lipinski definition) is 10. The number of thioether (sulfide) groups is 2. The van der Waals surface area contributed by atoms with Crippen LogP contribution in [-0.4, -0.2) is 26.0 Å². The molecule has 2 heterocycles. The van der Waals surface area contributed by atoms with Gasteiger partial charge in [0.25, 0.3) is 0 Å². The molecule has 0 amide bonds. The molecule has 3 rings (SSSR count). The molecule has 0 fully saturated rings. The number of carbonyl (C=O) groups excluding carboxylic acids is 2. The van der Waals surface area contributed by atoms with Crippen molar-refractivity contribution in [3.05, 3.63) is 44.3 Å². The van der Waals surface area contributed by atoms with Crippen molar-refractivity contribution in [2.45, 2.75) is 88.9 Å². The fourth-order valence-corrected chi connectivity index (χ4v) is 7.39. The minimum Gasteiger partial charge on any atom is -0.423 e. The van der Waals surface area contributed by atoms with Gasteiger partial charge in [-0.05, 0) is 25.7 Å². The van der Waals surface area contributed by atoms with Gasteiger partial charge in [0.15, 0.2) is 22.1 Å². The van der Waals surface area contributed by atoms with Crippen molar-refractivity contribution in [3.63, 3.8) is 0 Å². The summed E-state index contributed by atoms with van der Waals surface area (Å²) in [5.41, 5.74) is 0.621. The first-order valence-electron chi connectivity index (χ1n) is 14.7. The number of unbranched alkanes of at least 4 members (excludes halogenated alkanes) is 2. The zero-order valence-corrected chi connectivity index (χ0v) is 27.6. The summed E-state index contributed by atoms with van der Waals surface area (Å²) >= 11 is 2.18. The van der Waals surface area contributed by atoms with Crippen molar-refractivity contribution in [2.24, 2.45) is 11.8 Å². The molecule has 0 N–H and O–H groups in total. The molecule has 0 saturated heterocycles. The van der Waals surface area contributed by atoms with Gasteiger partial charge >= 0.3 is 17.8 Å². The maximum Gasteiger partial charge on any atom is 0.550 e. The zero-order chi connectivity index (χ0) is 32.6. The molecule has 0 radical (unpaired) electrons. The molecule has 2 unspecified atom stereocenters. The summed E-state index contributed by atoms with van der Waals surface area (Å²) in [6.45, 7) is 23.1. The fraction of sp³-hybridized carbons (Fsp3) is 0.500. The third-order valence-corrected chi connectivity index (χ3v) is 10.1. The van der Waals surface area contributed by atoms with E-state index < -0.39 is 11.9 Å². The van der Waals surface area contributed by atoms with E-state index >= 15 is 0 Å². The van der Waals surface area contributed by atoms with Gasteiger partial charge in [-0.2, -0.15) is 20.2 Å². The van der Waals surface area contributed by atoms with Gasteiger partial charge in [0, 0.05) is 14.1 Å². The summed E-state index contributed by atoms with van der Waals surface area (Å²) in [5.74, 6) is -1.38. The number of fused-ring (bicyclic) bond motifs is 2. The second kappa shape index (κ2) is 15.6. The summed E-state index contributed by atoms with van der Waals surface area (Å²) in [7, 11) is 3.33. The highest BCUT2D eigenvalue weighted by molar-refractivity contribution is 8.04. The smallest absolute Gasteiger partial charge is 0.423 e. The van der Waals surface area contributed by atoms with Crippen LogP contribution in [0.2, 0.25) is 0 Å². The fourth-order valence-electron chi connectivity index (χ4n) is 5.06. The molecule has 0 spiro atoms. The topological polar surface area (TPSA) is 115 Å². The average Bonchev–Trinajstić information content (AvgIpc) is 3.54. The van der Waals surface area contributed by atoms with Crippen LogP contribution >= 0.6 is 23.5 Å². The van der Waals surface area contributed by atoms with Crippen molar-refractivity contribution in [1.82, 2.24) is 0 Å². The molecule has 0 bridgehead atoms. The van der Waals surface area contributed by atoms with E-state index in [0.717, 1.165) is 49.2 Å². The van der Waals surface area contributed by atoms with Crippen LogP contribution in [0.25, 0.3) is 9.69 Å². The molecular formula is C32H36N6O4S2. The minimum absolute atomic E-state index is 0.142. The highest BCUT2D eigenvalue weighted by Gasteiger charge is 2.44. The lowest BCUT2D eigenvalue weighted by Crippen LogP contribution is -2.23. The molecule has 230 valence electrons. The number of nitrogens with zero attached hydrogens (tertiary/aromatic N) is 6.